The predicted octanol–water partition coefficient (Wildman–Crippen LogP) is 2.04. The average Bonchev–Trinajstić information content (AvgIpc) is 3.31. The Morgan fingerprint density at radius 3 is 2.55 bits per heavy atom. The van der Waals surface area contributed by atoms with E-state index in [0.29, 0.717) is 33.9 Å². The number of ether oxygens (including phenoxy) is 2. The largest absolute Gasteiger partial charge is 0.493 e. The first kappa shape index (κ1) is 20.1. The minimum absolute atomic E-state index is 0.0608. The summed E-state index contributed by atoms with van der Waals surface area (Å²) < 4.78 is 12.3. The molecule has 1 aliphatic heterocycles. The Bertz CT molecular complexity index is 1430. The Morgan fingerprint density at radius 1 is 1.09 bits per heavy atom. The van der Waals surface area contributed by atoms with Crippen molar-refractivity contribution in [2.45, 2.75) is 6.04 Å². The highest BCUT2D eigenvalue weighted by Crippen LogP contribution is 2.43. The normalized spacial score (nSPS) is 14.1. The second kappa shape index (κ2) is 7.71. The van der Waals surface area contributed by atoms with Crippen LogP contribution in [0.4, 0.5) is 17.3 Å². The maximum atomic E-state index is 12.7. The molecule has 33 heavy (non-hydrogen) atoms. The van der Waals surface area contributed by atoms with E-state index in [1.165, 1.54) is 31.0 Å². The number of methoxy groups -OCH3 is 2. The zero-order valence-corrected chi connectivity index (χ0v) is 17.3. The summed E-state index contributed by atoms with van der Waals surface area (Å²) >= 11 is 0. The lowest BCUT2D eigenvalue weighted by Gasteiger charge is -2.28. The first-order chi connectivity index (χ1) is 16.0. The predicted molar refractivity (Wildman–Crippen MR) is 115 cm³/mol. The van der Waals surface area contributed by atoms with Gasteiger partial charge < -0.3 is 14.8 Å². The number of nitro groups is 1. The highest BCUT2D eigenvalue weighted by Gasteiger charge is 2.35. The van der Waals surface area contributed by atoms with Crippen LogP contribution in [-0.2, 0) is 0 Å². The molecular formula is C20H16N8O5. The number of non-ortho nitro benzene ring substituents is 1. The number of tetrazole rings is 1. The molecule has 1 aliphatic rings. The molecule has 0 bridgehead atoms. The van der Waals surface area contributed by atoms with Crippen LogP contribution in [0.25, 0.3) is 11.3 Å². The molecule has 13 nitrogen and oxygen atoms in total. The van der Waals surface area contributed by atoms with E-state index in [0.717, 1.165) is 0 Å². The van der Waals surface area contributed by atoms with Crippen molar-refractivity contribution in [2.75, 3.05) is 19.5 Å². The van der Waals surface area contributed by atoms with E-state index in [2.05, 4.69) is 31.0 Å². The quantitative estimate of drug-likeness (QED) is 0.300. The second-order valence-electron chi connectivity index (χ2n) is 7.08. The number of nitrogens with zero attached hydrogens (tertiary/aromatic N) is 6. The van der Waals surface area contributed by atoms with Gasteiger partial charge in [-0.3, -0.25) is 14.9 Å². The Kier molecular flexibility index (Phi) is 4.70. The van der Waals surface area contributed by atoms with Crippen molar-refractivity contribution in [3.8, 4) is 22.8 Å². The minimum atomic E-state index is -0.647. The van der Waals surface area contributed by atoms with Gasteiger partial charge in [-0.2, -0.15) is 9.78 Å². The summed E-state index contributed by atoms with van der Waals surface area (Å²) in [5.74, 6) is 1.29. The molecular weight excluding hydrogens is 432 g/mol. The van der Waals surface area contributed by atoms with Crippen molar-refractivity contribution in [3.05, 3.63) is 74.1 Å². The molecule has 2 N–H and O–H groups in total. The number of aromatic amines is 1. The average molecular weight is 448 g/mol. The van der Waals surface area contributed by atoms with Crippen molar-refractivity contribution in [2.24, 2.45) is 0 Å². The second-order valence-corrected chi connectivity index (χ2v) is 7.08. The molecule has 3 heterocycles. The standard InChI is InChI=1S/C20H16N8O5/c1-32-13-8-5-11(9-14(13)33-2)18-15-16(10-3-6-12(7-4-10)28(30)31)22-23-19(29)17(15)21-20-24-25-26-27(18)20/h3-9,18H,1-2H3,(H,23,29)(H,21,24,26)/t18-/m0/s1. The van der Waals surface area contributed by atoms with E-state index in [1.54, 1.807) is 24.3 Å². The van der Waals surface area contributed by atoms with Crippen molar-refractivity contribution in [1.29, 1.82) is 0 Å². The van der Waals surface area contributed by atoms with Gasteiger partial charge in [-0.05, 0) is 40.3 Å². The first-order valence-corrected chi connectivity index (χ1v) is 9.66. The van der Waals surface area contributed by atoms with E-state index in [4.69, 9.17) is 9.47 Å². The number of rotatable bonds is 5. The van der Waals surface area contributed by atoms with E-state index in [1.807, 2.05) is 6.07 Å². The summed E-state index contributed by atoms with van der Waals surface area (Å²) in [7, 11) is 3.06. The van der Waals surface area contributed by atoms with Crippen molar-refractivity contribution in [1.82, 2.24) is 30.4 Å². The smallest absolute Gasteiger partial charge is 0.288 e. The van der Waals surface area contributed by atoms with Crippen LogP contribution < -0.4 is 20.3 Å². The lowest BCUT2D eigenvalue weighted by molar-refractivity contribution is -0.384. The number of hydrogen-bond donors (Lipinski definition) is 2. The van der Waals surface area contributed by atoms with Gasteiger partial charge in [-0.1, -0.05) is 11.2 Å². The van der Waals surface area contributed by atoms with Gasteiger partial charge in [-0.15, -0.1) is 0 Å². The van der Waals surface area contributed by atoms with Crippen LogP contribution in [-0.4, -0.2) is 49.5 Å². The number of H-pyrrole nitrogens is 1. The third-order valence-corrected chi connectivity index (χ3v) is 5.34. The van der Waals surface area contributed by atoms with Gasteiger partial charge in [0.25, 0.3) is 11.2 Å². The molecule has 2 aromatic heterocycles. The van der Waals surface area contributed by atoms with Gasteiger partial charge in [0.05, 0.1) is 24.8 Å². The number of nitro benzene ring substituents is 1. The molecule has 13 heteroatoms. The van der Waals surface area contributed by atoms with Gasteiger partial charge in [0.2, 0.25) is 5.95 Å². The van der Waals surface area contributed by atoms with Gasteiger partial charge in [0.15, 0.2) is 11.5 Å². The molecule has 5 rings (SSSR count). The summed E-state index contributed by atoms with van der Waals surface area (Å²) in [5, 5.41) is 32.6. The summed E-state index contributed by atoms with van der Waals surface area (Å²) in [5.41, 5.74) is 1.88. The Balaban J connectivity index is 1.76. The number of aromatic nitrogens is 6. The van der Waals surface area contributed by atoms with Gasteiger partial charge in [0, 0.05) is 23.3 Å². The first-order valence-electron chi connectivity index (χ1n) is 9.66. The lowest BCUT2D eigenvalue weighted by Crippen LogP contribution is -2.29. The fourth-order valence-corrected chi connectivity index (χ4v) is 3.83. The van der Waals surface area contributed by atoms with Gasteiger partial charge in [-0.25, -0.2) is 5.10 Å². The van der Waals surface area contributed by atoms with Crippen LogP contribution in [0.1, 0.15) is 17.2 Å². The van der Waals surface area contributed by atoms with Crippen LogP contribution in [0.3, 0.4) is 0 Å². The van der Waals surface area contributed by atoms with Crippen LogP contribution >= 0.6 is 0 Å². The van der Waals surface area contributed by atoms with E-state index in [9.17, 15) is 14.9 Å². The summed E-state index contributed by atoms with van der Waals surface area (Å²) in [4.78, 5) is 23.3. The Labute approximate surface area is 185 Å². The number of fused-ring (bicyclic) bond motifs is 2. The van der Waals surface area contributed by atoms with Gasteiger partial charge in [0.1, 0.15) is 11.7 Å². The summed E-state index contributed by atoms with van der Waals surface area (Å²) in [6, 6.07) is 10.6. The maximum absolute atomic E-state index is 12.7. The third kappa shape index (κ3) is 3.22. The summed E-state index contributed by atoms with van der Waals surface area (Å²) in [6.07, 6.45) is 0. The van der Waals surface area contributed by atoms with E-state index in [-0.39, 0.29) is 17.3 Å². The zero-order valence-electron chi connectivity index (χ0n) is 17.3. The molecule has 0 fully saturated rings. The molecule has 0 unspecified atom stereocenters. The topological polar surface area (TPSA) is 163 Å². The molecule has 4 aromatic rings. The lowest BCUT2D eigenvalue weighted by atomic mass is 9.92. The molecule has 0 spiro atoms. The monoisotopic (exact) mass is 448 g/mol. The number of benzene rings is 2. The molecule has 2 aromatic carbocycles. The third-order valence-electron chi connectivity index (χ3n) is 5.34. The summed E-state index contributed by atoms with van der Waals surface area (Å²) in [6.45, 7) is 0. The molecule has 166 valence electrons. The molecule has 1 atom stereocenters. The highest BCUT2D eigenvalue weighted by atomic mass is 16.6. The molecule has 0 saturated heterocycles. The van der Waals surface area contributed by atoms with Crippen molar-refractivity contribution in [3.63, 3.8) is 0 Å². The minimum Gasteiger partial charge on any atom is -0.493 e. The number of nitrogens with one attached hydrogen (secondary N) is 2. The van der Waals surface area contributed by atoms with Crippen LogP contribution in [0.2, 0.25) is 0 Å². The number of hydrogen-bond acceptors (Lipinski definition) is 10. The fourth-order valence-electron chi connectivity index (χ4n) is 3.83. The van der Waals surface area contributed by atoms with Crippen molar-refractivity contribution >= 4 is 17.3 Å². The molecule has 0 radical (unpaired) electrons. The van der Waals surface area contributed by atoms with Crippen LogP contribution in [0.15, 0.2) is 47.3 Å². The maximum Gasteiger partial charge on any atom is 0.288 e. The zero-order chi connectivity index (χ0) is 23.1. The van der Waals surface area contributed by atoms with E-state index >= 15 is 0 Å². The number of anilines is 2. The fraction of sp³-hybridized carbons (Fsp3) is 0.150. The van der Waals surface area contributed by atoms with Crippen LogP contribution in [0, 0.1) is 10.1 Å². The van der Waals surface area contributed by atoms with E-state index < -0.39 is 16.5 Å². The van der Waals surface area contributed by atoms with Gasteiger partial charge >= 0.3 is 0 Å². The molecule has 0 aliphatic carbocycles. The SMILES string of the molecule is COc1ccc([C@H]2c3c(-c4ccc([N+](=O)[O-])cc4)n[nH]c(=O)c3Nc3nnnn32)cc1OC. The highest BCUT2D eigenvalue weighted by molar-refractivity contribution is 5.76. The van der Waals surface area contributed by atoms with Crippen LogP contribution in [0.5, 0.6) is 11.5 Å². The Morgan fingerprint density at radius 2 is 1.85 bits per heavy atom. The Hall–Kier alpha value is -4.81. The van der Waals surface area contributed by atoms with Crippen molar-refractivity contribution < 1.29 is 14.4 Å². The molecule has 0 saturated carbocycles. The molecule has 0 amide bonds.